The number of fused-ring (bicyclic) bond motifs is 1. The Kier molecular flexibility index (Phi) is 6.61. The first-order valence-corrected chi connectivity index (χ1v) is 11.1. The van der Waals surface area contributed by atoms with E-state index in [9.17, 15) is 13.2 Å². The number of aromatic nitrogens is 1. The fourth-order valence-electron chi connectivity index (χ4n) is 3.24. The predicted molar refractivity (Wildman–Crippen MR) is 115 cm³/mol. The molecule has 3 aromatic rings. The summed E-state index contributed by atoms with van der Waals surface area (Å²) < 4.78 is 26.8. The van der Waals surface area contributed by atoms with Crippen LogP contribution in [0.3, 0.4) is 0 Å². The fourth-order valence-corrected chi connectivity index (χ4v) is 4.14. The first-order chi connectivity index (χ1) is 13.9. The molecule has 0 fully saturated rings. The molecule has 2 aromatic carbocycles. The highest BCUT2D eigenvalue weighted by atomic mass is 32.2. The lowest BCUT2D eigenvalue weighted by atomic mass is 9.99. The molecule has 1 heterocycles. The summed E-state index contributed by atoms with van der Waals surface area (Å²) in [6.45, 7) is 4.16. The monoisotopic (exact) mass is 411 g/mol. The van der Waals surface area contributed by atoms with Gasteiger partial charge in [-0.2, -0.15) is 0 Å². The van der Waals surface area contributed by atoms with Crippen molar-refractivity contribution in [2.75, 3.05) is 12.3 Å². The Morgan fingerprint density at radius 2 is 1.69 bits per heavy atom. The van der Waals surface area contributed by atoms with Gasteiger partial charge in [0.15, 0.2) is 0 Å². The average molecular weight is 412 g/mol. The van der Waals surface area contributed by atoms with E-state index in [0.29, 0.717) is 0 Å². The molecule has 0 saturated carbocycles. The van der Waals surface area contributed by atoms with Crippen molar-refractivity contribution in [3.05, 3.63) is 77.0 Å². The number of para-hydroxylation sites is 1. The van der Waals surface area contributed by atoms with E-state index in [0.717, 1.165) is 33.3 Å². The topological polar surface area (TPSA) is 88.2 Å². The quantitative estimate of drug-likeness (QED) is 0.596. The molecular weight excluding hydrogens is 386 g/mol. The number of amides is 1. The normalized spacial score (nSPS) is 11.5. The first-order valence-electron chi connectivity index (χ1n) is 9.48. The van der Waals surface area contributed by atoms with E-state index in [2.05, 4.69) is 15.0 Å². The minimum Gasteiger partial charge on any atom is -0.355 e. The number of nitrogens with one attached hydrogen (secondary N) is 2. The van der Waals surface area contributed by atoms with Gasteiger partial charge in [-0.05, 0) is 36.6 Å². The van der Waals surface area contributed by atoms with Crippen molar-refractivity contribution in [3.63, 3.8) is 0 Å². The lowest BCUT2D eigenvalue weighted by Crippen LogP contribution is -2.35. The Bertz CT molecular complexity index is 1110. The molecule has 29 heavy (non-hydrogen) atoms. The average Bonchev–Trinajstić information content (AvgIpc) is 2.70. The highest BCUT2D eigenvalue weighted by Gasteiger charge is 2.14. The molecule has 0 radical (unpaired) electrons. The van der Waals surface area contributed by atoms with Crippen LogP contribution in [0.2, 0.25) is 0 Å². The molecule has 0 spiro atoms. The Balaban J connectivity index is 1.54. The van der Waals surface area contributed by atoms with Crippen LogP contribution in [0, 0.1) is 13.8 Å². The number of pyridine rings is 1. The van der Waals surface area contributed by atoms with Crippen LogP contribution >= 0.6 is 0 Å². The molecule has 2 N–H and O–H groups in total. The van der Waals surface area contributed by atoms with E-state index >= 15 is 0 Å². The maximum Gasteiger partial charge on any atom is 0.224 e. The van der Waals surface area contributed by atoms with Crippen LogP contribution in [0.4, 0.5) is 0 Å². The number of hydrogen-bond donors (Lipinski definition) is 2. The van der Waals surface area contributed by atoms with Gasteiger partial charge in [-0.15, -0.1) is 0 Å². The van der Waals surface area contributed by atoms with Crippen LogP contribution in [-0.4, -0.2) is 31.6 Å². The molecule has 1 amide bonds. The van der Waals surface area contributed by atoms with Gasteiger partial charge in [0.1, 0.15) is 0 Å². The van der Waals surface area contributed by atoms with E-state index in [4.69, 9.17) is 0 Å². The van der Waals surface area contributed by atoms with Crippen molar-refractivity contribution < 1.29 is 13.2 Å². The van der Waals surface area contributed by atoms with Crippen LogP contribution in [-0.2, 0) is 27.8 Å². The molecule has 0 aliphatic rings. The Labute approximate surface area is 171 Å². The summed E-state index contributed by atoms with van der Waals surface area (Å²) in [6.07, 6.45) is 0.174. The van der Waals surface area contributed by atoms with E-state index in [1.54, 1.807) is 0 Å². The maximum atomic E-state index is 12.4. The van der Waals surface area contributed by atoms with Crippen molar-refractivity contribution in [1.29, 1.82) is 0 Å². The summed E-state index contributed by atoms with van der Waals surface area (Å²) >= 11 is 0. The predicted octanol–water partition coefficient (Wildman–Crippen LogP) is 2.63. The van der Waals surface area contributed by atoms with Gasteiger partial charge in [-0.1, -0.05) is 48.5 Å². The van der Waals surface area contributed by atoms with Gasteiger partial charge in [0.25, 0.3) is 0 Å². The first kappa shape index (κ1) is 21.0. The van der Waals surface area contributed by atoms with Crippen LogP contribution in [0.1, 0.15) is 22.4 Å². The number of hydrogen-bond acceptors (Lipinski definition) is 4. The van der Waals surface area contributed by atoms with E-state index in [1.807, 2.05) is 68.4 Å². The zero-order chi connectivity index (χ0) is 20.9. The summed E-state index contributed by atoms with van der Waals surface area (Å²) in [6, 6.07) is 17.1. The maximum absolute atomic E-state index is 12.4. The Morgan fingerprint density at radius 1 is 1.00 bits per heavy atom. The molecule has 0 atom stereocenters. The summed E-state index contributed by atoms with van der Waals surface area (Å²) in [5.41, 5.74) is 4.51. The van der Waals surface area contributed by atoms with Gasteiger partial charge in [-0.3, -0.25) is 9.78 Å². The lowest BCUT2D eigenvalue weighted by Gasteiger charge is -2.13. The number of carbonyl (C=O) groups excluding carboxylic acids is 1. The summed E-state index contributed by atoms with van der Waals surface area (Å²) in [5, 5.41) is 3.72. The summed E-state index contributed by atoms with van der Waals surface area (Å²) in [5.74, 6) is -0.383. The number of benzene rings is 2. The largest absolute Gasteiger partial charge is 0.355 e. The molecule has 0 aliphatic heterocycles. The van der Waals surface area contributed by atoms with Gasteiger partial charge in [0, 0.05) is 24.2 Å². The molecular formula is C22H25N3O3S. The molecule has 7 heteroatoms. The van der Waals surface area contributed by atoms with Crippen molar-refractivity contribution >= 4 is 26.8 Å². The van der Waals surface area contributed by atoms with Gasteiger partial charge < -0.3 is 5.32 Å². The van der Waals surface area contributed by atoms with Gasteiger partial charge in [0.2, 0.25) is 15.9 Å². The SMILES string of the molecule is Cc1nc2ccccc2c(C)c1CC(=O)NCCS(=O)(=O)NCc1ccccc1. The van der Waals surface area contributed by atoms with Crippen molar-refractivity contribution in [2.24, 2.45) is 0 Å². The molecule has 6 nitrogen and oxygen atoms in total. The smallest absolute Gasteiger partial charge is 0.224 e. The van der Waals surface area contributed by atoms with Crippen molar-refractivity contribution in [2.45, 2.75) is 26.8 Å². The van der Waals surface area contributed by atoms with E-state index in [-0.39, 0.29) is 31.2 Å². The van der Waals surface area contributed by atoms with Crippen LogP contribution < -0.4 is 10.0 Å². The zero-order valence-corrected chi connectivity index (χ0v) is 17.4. The highest BCUT2D eigenvalue weighted by Crippen LogP contribution is 2.22. The number of carbonyl (C=O) groups is 1. The Hall–Kier alpha value is -2.77. The van der Waals surface area contributed by atoms with Crippen LogP contribution in [0.5, 0.6) is 0 Å². The summed E-state index contributed by atoms with van der Waals surface area (Å²) in [4.78, 5) is 16.9. The van der Waals surface area contributed by atoms with Gasteiger partial charge in [-0.25, -0.2) is 13.1 Å². The minimum atomic E-state index is -3.47. The second-order valence-corrected chi connectivity index (χ2v) is 8.90. The molecule has 0 bridgehead atoms. The molecule has 152 valence electrons. The number of aryl methyl sites for hydroxylation is 2. The van der Waals surface area contributed by atoms with Gasteiger partial charge >= 0.3 is 0 Å². The number of sulfonamides is 1. The third kappa shape index (κ3) is 5.62. The number of rotatable bonds is 8. The van der Waals surface area contributed by atoms with E-state index < -0.39 is 10.0 Å². The summed E-state index contributed by atoms with van der Waals surface area (Å²) in [7, 11) is -3.47. The minimum absolute atomic E-state index is 0.0576. The molecule has 0 aliphatic carbocycles. The second kappa shape index (κ2) is 9.15. The fraction of sp³-hybridized carbons (Fsp3) is 0.273. The molecule has 0 saturated heterocycles. The zero-order valence-electron chi connectivity index (χ0n) is 16.6. The van der Waals surface area contributed by atoms with Gasteiger partial charge in [0.05, 0.1) is 17.7 Å². The second-order valence-electron chi connectivity index (χ2n) is 6.97. The van der Waals surface area contributed by atoms with Crippen molar-refractivity contribution in [3.8, 4) is 0 Å². The third-order valence-electron chi connectivity index (χ3n) is 4.85. The molecule has 3 rings (SSSR count). The third-order valence-corrected chi connectivity index (χ3v) is 6.18. The van der Waals surface area contributed by atoms with E-state index in [1.165, 1.54) is 0 Å². The van der Waals surface area contributed by atoms with Crippen LogP contribution in [0.15, 0.2) is 54.6 Å². The van der Waals surface area contributed by atoms with Crippen molar-refractivity contribution in [1.82, 2.24) is 15.0 Å². The highest BCUT2D eigenvalue weighted by molar-refractivity contribution is 7.89. The lowest BCUT2D eigenvalue weighted by molar-refractivity contribution is -0.120. The standard InChI is InChI=1S/C22H25N3O3S/c1-16-19-10-6-7-11-21(19)25-17(2)20(16)14-22(26)23-12-13-29(27,28)24-15-18-8-4-3-5-9-18/h3-11,24H,12-15H2,1-2H3,(H,23,26). The molecule has 1 aromatic heterocycles. The van der Waals surface area contributed by atoms with Crippen LogP contribution in [0.25, 0.3) is 10.9 Å². The Morgan fingerprint density at radius 3 is 2.45 bits per heavy atom. The molecule has 0 unspecified atom stereocenters. The number of nitrogens with zero attached hydrogens (tertiary/aromatic N) is 1.